The standard InChI is InChI=1S/C16H22F3N3O/c1-11-3-2-4-14(21-11)22-15(23)9-10-20-13-7-5-12(6-8-13)16(17,18)19/h2-4,12-13,20H,5-10H2,1H3,(H,21,22,23). The number of carbonyl (C=O) groups is 1. The van der Waals surface area contributed by atoms with Crippen LogP contribution in [0.3, 0.4) is 0 Å². The maximum atomic E-state index is 12.6. The van der Waals surface area contributed by atoms with E-state index in [9.17, 15) is 18.0 Å². The van der Waals surface area contributed by atoms with Crippen molar-refractivity contribution in [2.75, 3.05) is 11.9 Å². The number of aromatic nitrogens is 1. The summed E-state index contributed by atoms with van der Waals surface area (Å²) >= 11 is 0. The van der Waals surface area contributed by atoms with Crippen molar-refractivity contribution in [2.45, 2.75) is 51.2 Å². The molecule has 1 aliphatic rings. The summed E-state index contributed by atoms with van der Waals surface area (Å²) in [4.78, 5) is 16.0. The van der Waals surface area contributed by atoms with E-state index in [1.54, 1.807) is 6.07 Å². The predicted molar refractivity (Wildman–Crippen MR) is 82.0 cm³/mol. The van der Waals surface area contributed by atoms with Crippen LogP contribution in [0.4, 0.5) is 19.0 Å². The molecule has 0 radical (unpaired) electrons. The zero-order valence-electron chi connectivity index (χ0n) is 13.1. The monoisotopic (exact) mass is 329 g/mol. The molecule has 0 aliphatic heterocycles. The molecule has 0 unspecified atom stereocenters. The Balaban J connectivity index is 1.65. The summed E-state index contributed by atoms with van der Waals surface area (Å²) in [6.07, 6.45) is -2.46. The number of pyridine rings is 1. The van der Waals surface area contributed by atoms with Gasteiger partial charge in [0, 0.05) is 24.7 Å². The zero-order chi connectivity index (χ0) is 16.9. The van der Waals surface area contributed by atoms with Crippen LogP contribution in [0.25, 0.3) is 0 Å². The van der Waals surface area contributed by atoms with Gasteiger partial charge in [-0.15, -0.1) is 0 Å². The zero-order valence-corrected chi connectivity index (χ0v) is 13.1. The Hall–Kier alpha value is -1.63. The summed E-state index contributed by atoms with van der Waals surface area (Å²) in [7, 11) is 0. The Labute approximate surface area is 133 Å². The van der Waals surface area contributed by atoms with E-state index in [4.69, 9.17) is 0 Å². The van der Waals surface area contributed by atoms with Crippen molar-refractivity contribution < 1.29 is 18.0 Å². The molecule has 1 aromatic rings. The molecule has 2 N–H and O–H groups in total. The van der Waals surface area contributed by atoms with Crippen molar-refractivity contribution >= 4 is 11.7 Å². The van der Waals surface area contributed by atoms with Crippen LogP contribution in [0.2, 0.25) is 0 Å². The lowest BCUT2D eigenvalue weighted by Gasteiger charge is -2.30. The Morgan fingerprint density at radius 1 is 1.26 bits per heavy atom. The minimum Gasteiger partial charge on any atom is -0.313 e. The van der Waals surface area contributed by atoms with Crippen molar-refractivity contribution in [1.29, 1.82) is 0 Å². The average Bonchev–Trinajstić information content (AvgIpc) is 2.47. The molecule has 0 saturated heterocycles. The molecule has 4 nitrogen and oxygen atoms in total. The lowest BCUT2D eigenvalue weighted by Crippen LogP contribution is -2.38. The summed E-state index contributed by atoms with van der Waals surface area (Å²) < 4.78 is 37.7. The quantitative estimate of drug-likeness (QED) is 0.870. The Morgan fingerprint density at radius 2 is 1.96 bits per heavy atom. The normalized spacial score (nSPS) is 21.9. The molecule has 7 heteroatoms. The molecule has 128 valence electrons. The van der Waals surface area contributed by atoms with Gasteiger partial charge < -0.3 is 10.6 Å². The number of nitrogens with one attached hydrogen (secondary N) is 2. The third-order valence-corrected chi connectivity index (χ3v) is 4.13. The molecule has 1 saturated carbocycles. The second-order valence-electron chi connectivity index (χ2n) is 6.01. The number of amides is 1. The molecule has 0 bridgehead atoms. The largest absolute Gasteiger partial charge is 0.391 e. The molecule has 2 rings (SSSR count). The van der Waals surface area contributed by atoms with Gasteiger partial charge in [0.2, 0.25) is 5.91 Å². The van der Waals surface area contributed by atoms with Gasteiger partial charge in [0.1, 0.15) is 5.82 Å². The first-order chi connectivity index (χ1) is 10.8. The lowest BCUT2D eigenvalue weighted by molar-refractivity contribution is -0.182. The first-order valence-electron chi connectivity index (χ1n) is 7.88. The SMILES string of the molecule is Cc1cccc(NC(=O)CCNC2CCC(C(F)(F)F)CC2)n1. The highest BCUT2D eigenvalue weighted by molar-refractivity contribution is 5.89. The Morgan fingerprint density at radius 3 is 2.57 bits per heavy atom. The number of nitrogens with zero attached hydrogens (tertiary/aromatic N) is 1. The fourth-order valence-electron chi connectivity index (χ4n) is 2.83. The minimum atomic E-state index is -4.08. The van der Waals surface area contributed by atoms with E-state index in [0.717, 1.165) is 5.69 Å². The molecule has 23 heavy (non-hydrogen) atoms. The number of alkyl halides is 3. The van der Waals surface area contributed by atoms with Crippen LogP contribution in [0, 0.1) is 12.8 Å². The van der Waals surface area contributed by atoms with Crippen LogP contribution in [-0.4, -0.2) is 29.7 Å². The molecular formula is C16H22F3N3O. The third kappa shape index (κ3) is 5.82. The molecule has 1 aliphatic carbocycles. The molecule has 1 fully saturated rings. The van der Waals surface area contributed by atoms with Gasteiger partial charge in [-0.2, -0.15) is 13.2 Å². The van der Waals surface area contributed by atoms with E-state index in [2.05, 4.69) is 15.6 Å². The van der Waals surface area contributed by atoms with Crippen molar-refractivity contribution in [1.82, 2.24) is 10.3 Å². The van der Waals surface area contributed by atoms with Gasteiger partial charge in [-0.25, -0.2) is 4.98 Å². The summed E-state index contributed by atoms with van der Waals surface area (Å²) in [5.41, 5.74) is 0.822. The summed E-state index contributed by atoms with van der Waals surface area (Å²) in [6.45, 7) is 2.30. The molecule has 1 aromatic heterocycles. The maximum Gasteiger partial charge on any atom is 0.391 e. The van der Waals surface area contributed by atoms with Crippen LogP contribution in [-0.2, 0) is 4.79 Å². The van der Waals surface area contributed by atoms with E-state index < -0.39 is 12.1 Å². The number of anilines is 1. The topological polar surface area (TPSA) is 54.0 Å². The Kier molecular flexibility index (Phi) is 5.98. The number of hydrogen-bond acceptors (Lipinski definition) is 3. The number of halogens is 3. The van der Waals surface area contributed by atoms with Gasteiger partial charge in [-0.05, 0) is 44.7 Å². The van der Waals surface area contributed by atoms with E-state index >= 15 is 0 Å². The molecular weight excluding hydrogens is 307 g/mol. The fourth-order valence-corrected chi connectivity index (χ4v) is 2.83. The summed E-state index contributed by atoms with van der Waals surface area (Å²) in [5.74, 6) is -0.809. The highest BCUT2D eigenvalue weighted by Gasteiger charge is 2.41. The van der Waals surface area contributed by atoms with Gasteiger partial charge in [-0.3, -0.25) is 4.79 Å². The van der Waals surface area contributed by atoms with E-state index in [0.29, 0.717) is 25.2 Å². The number of rotatable bonds is 5. The van der Waals surface area contributed by atoms with Crippen LogP contribution in [0.1, 0.15) is 37.8 Å². The van der Waals surface area contributed by atoms with E-state index in [1.165, 1.54) is 0 Å². The van der Waals surface area contributed by atoms with Crippen molar-refractivity contribution in [3.05, 3.63) is 23.9 Å². The Bertz CT molecular complexity index is 526. The third-order valence-electron chi connectivity index (χ3n) is 4.13. The second kappa shape index (κ2) is 7.77. The number of aryl methyl sites for hydroxylation is 1. The van der Waals surface area contributed by atoms with Crippen LogP contribution in [0.5, 0.6) is 0 Å². The van der Waals surface area contributed by atoms with Crippen LogP contribution >= 0.6 is 0 Å². The van der Waals surface area contributed by atoms with Gasteiger partial charge in [-0.1, -0.05) is 6.07 Å². The molecule has 0 aromatic carbocycles. The first-order valence-corrected chi connectivity index (χ1v) is 7.88. The number of hydrogen-bond donors (Lipinski definition) is 2. The molecule has 1 heterocycles. The minimum absolute atomic E-state index is 0.0681. The highest BCUT2D eigenvalue weighted by atomic mass is 19.4. The average molecular weight is 329 g/mol. The van der Waals surface area contributed by atoms with Gasteiger partial charge >= 0.3 is 6.18 Å². The van der Waals surface area contributed by atoms with Crippen molar-refractivity contribution in [2.24, 2.45) is 5.92 Å². The van der Waals surface area contributed by atoms with Crippen molar-refractivity contribution in [3.8, 4) is 0 Å². The van der Waals surface area contributed by atoms with Crippen LogP contribution in [0.15, 0.2) is 18.2 Å². The maximum absolute atomic E-state index is 12.6. The molecule has 0 spiro atoms. The summed E-state index contributed by atoms with van der Waals surface area (Å²) in [5, 5.41) is 5.88. The van der Waals surface area contributed by atoms with E-state index in [-0.39, 0.29) is 31.2 Å². The summed E-state index contributed by atoms with van der Waals surface area (Å²) in [6, 6.07) is 5.44. The van der Waals surface area contributed by atoms with Crippen molar-refractivity contribution in [3.63, 3.8) is 0 Å². The predicted octanol–water partition coefficient (Wildman–Crippen LogP) is 3.43. The van der Waals surface area contributed by atoms with E-state index in [1.807, 2.05) is 19.1 Å². The smallest absolute Gasteiger partial charge is 0.313 e. The van der Waals surface area contributed by atoms with Gasteiger partial charge in [0.05, 0.1) is 5.92 Å². The first kappa shape index (κ1) is 17.7. The van der Waals surface area contributed by atoms with Crippen LogP contribution < -0.4 is 10.6 Å². The van der Waals surface area contributed by atoms with Gasteiger partial charge in [0.25, 0.3) is 0 Å². The molecule has 1 amide bonds. The highest BCUT2D eigenvalue weighted by Crippen LogP contribution is 2.37. The number of carbonyl (C=O) groups excluding carboxylic acids is 1. The lowest BCUT2D eigenvalue weighted by atomic mass is 9.85. The van der Waals surface area contributed by atoms with Gasteiger partial charge in [0.15, 0.2) is 0 Å². The molecule has 0 atom stereocenters. The second-order valence-corrected chi connectivity index (χ2v) is 6.01. The fraction of sp³-hybridized carbons (Fsp3) is 0.625.